The van der Waals surface area contributed by atoms with Gasteiger partial charge in [0, 0.05) is 17.4 Å². The van der Waals surface area contributed by atoms with Crippen LogP contribution in [0.4, 0.5) is 4.39 Å². The second kappa shape index (κ2) is 5.65. The average Bonchev–Trinajstić information content (AvgIpc) is 2.70. The van der Waals surface area contributed by atoms with Gasteiger partial charge in [0.25, 0.3) is 0 Å². The molecular formula is C13H16FNOS. The van der Waals surface area contributed by atoms with Gasteiger partial charge in [-0.05, 0) is 36.1 Å². The molecule has 4 heteroatoms. The predicted octanol–water partition coefficient (Wildman–Crippen LogP) is 3.22. The van der Waals surface area contributed by atoms with E-state index in [1.54, 1.807) is 24.1 Å². The van der Waals surface area contributed by atoms with Crippen LogP contribution in [0.3, 0.4) is 0 Å². The molecule has 1 heterocycles. The van der Waals surface area contributed by atoms with Crippen molar-refractivity contribution >= 4 is 17.7 Å². The van der Waals surface area contributed by atoms with Crippen LogP contribution < -0.4 is 0 Å². The van der Waals surface area contributed by atoms with Crippen LogP contribution in [0, 0.1) is 0 Å². The minimum Gasteiger partial charge on any atom is -0.298 e. The maximum Gasteiger partial charge on any atom is 0.149 e. The van der Waals surface area contributed by atoms with E-state index in [1.807, 2.05) is 12.1 Å². The summed E-state index contributed by atoms with van der Waals surface area (Å²) in [5.74, 6) is 0.310. The first-order valence-corrected chi connectivity index (χ1v) is 6.61. The Kier molecular flexibility index (Phi) is 4.18. The first-order valence-electron chi connectivity index (χ1n) is 5.84. The van der Waals surface area contributed by atoms with E-state index in [0.29, 0.717) is 30.4 Å². The van der Waals surface area contributed by atoms with Crippen LogP contribution in [0.5, 0.6) is 0 Å². The second-order valence-corrected chi connectivity index (χ2v) is 5.37. The molecule has 0 aliphatic carbocycles. The van der Waals surface area contributed by atoms with Gasteiger partial charge < -0.3 is 0 Å². The topological polar surface area (TPSA) is 20.3 Å². The number of hydrogen-bond donors (Lipinski definition) is 0. The summed E-state index contributed by atoms with van der Waals surface area (Å²) < 4.78 is 14.5. The van der Waals surface area contributed by atoms with Crippen molar-refractivity contribution in [2.45, 2.75) is 37.4 Å². The zero-order valence-electron chi connectivity index (χ0n) is 9.86. The molecule has 1 atom stereocenters. The number of carbonyl (C=O) groups is 1. The fourth-order valence-electron chi connectivity index (χ4n) is 1.96. The number of rotatable bonds is 4. The summed E-state index contributed by atoms with van der Waals surface area (Å²) in [6.07, 6.45) is 1.65. The normalized spacial score (nSPS) is 21.1. The first kappa shape index (κ1) is 12.6. The van der Waals surface area contributed by atoms with Crippen molar-refractivity contribution in [2.75, 3.05) is 6.54 Å². The molecule has 92 valence electrons. The maximum absolute atomic E-state index is 12.4. The standard InChI is InChI=1S/C13H16FNOS/c1-2-11-7-12(16)9-15(11)17-13-5-3-10(8-14)4-6-13/h3-6,11H,2,7-9H2,1H3/t11-/m1/s1. The molecule has 1 aliphatic heterocycles. The van der Waals surface area contributed by atoms with E-state index in [0.717, 1.165) is 11.3 Å². The molecule has 0 aromatic heterocycles. The molecule has 1 saturated heterocycles. The largest absolute Gasteiger partial charge is 0.298 e. The fraction of sp³-hybridized carbons (Fsp3) is 0.462. The van der Waals surface area contributed by atoms with Crippen molar-refractivity contribution in [3.8, 4) is 0 Å². The molecule has 2 rings (SSSR count). The zero-order chi connectivity index (χ0) is 12.3. The molecule has 0 amide bonds. The molecule has 17 heavy (non-hydrogen) atoms. The summed E-state index contributed by atoms with van der Waals surface area (Å²) in [5.41, 5.74) is 0.693. The summed E-state index contributed by atoms with van der Waals surface area (Å²) in [5, 5.41) is 0. The summed E-state index contributed by atoms with van der Waals surface area (Å²) in [6, 6.07) is 7.75. The SMILES string of the molecule is CC[C@@H]1CC(=O)CN1Sc1ccc(CF)cc1. The van der Waals surface area contributed by atoms with Crippen LogP contribution in [-0.2, 0) is 11.5 Å². The number of carbonyl (C=O) groups excluding carboxylic acids is 1. The lowest BCUT2D eigenvalue weighted by atomic mass is 10.2. The van der Waals surface area contributed by atoms with Crippen LogP contribution in [0.1, 0.15) is 25.3 Å². The van der Waals surface area contributed by atoms with Gasteiger partial charge >= 0.3 is 0 Å². The van der Waals surface area contributed by atoms with Crippen molar-refractivity contribution < 1.29 is 9.18 Å². The second-order valence-electron chi connectivity index (χ2n) is 4.25. The Morgan fingerprint density at radius 1 is 1.41 bits per heavy atom. The monoisotopic (exact) mass is 253 g/mol. The van der Waals surface area contributed by atoms with E-state index in [9.17, 15) is 9.18 Å². The van der Waals surface area contributed by atoms with Gasteiger partial charge in [-0.25, -0.2) is 8.70 Å². The fourth-order valence-corrected chi connectivity index (χ4v) is 3.07. The van der Waals surface area contributed by atoms with Crippen molar-refractivity contribution in [1.29, 1.82) is 0 Å². The van der Waals surface area contributed by atoms with Gasteiger partial charge in [0.1, 0.15) is 12.5 Å². The molecular weight excluding hydrogens is 237 g/mol. The summed E-state index contributed by atoms with van der Waals surface area (Å²) >= 11 is 1.60. The minimum atomic E-state index is -0.426. The molecule has 0 unspecified atom stereocenters. The quantitative estimate of drug-likeness (QED) is 0.768. The van der Waals surface area contributed by atoms with Crippen molar-refractivity contribution in [3.63, 3.8) is 0 Å². The lowest BCUT2D eigenvalue weighted by molar-refractivity contribution is -0.116. The van der Waals surface area contributed by atoms with E-state index >= 15 is 0 Å². The Morgan fingerprint density at radius 3 is 2.71 bits per heavy atom. The van der Waals surface area contributed by atoms with Crippen LogP contribution >= 0.6 is 11.9 Å². The van der Waals surface area contributed by atoms with Gasteiger partial charge in [0.15, 0.2) is 0 Å². The number of Topliss-reactive ketones (excluding diaryl/α,β-unsaturated/α-hetero) is 1. The van der Waals surface area contributed by atoms with Gasteiger partial charge in [0.05, 0.1) is 6.54 Å². The van der Waals surface area contributed by atoms with Crippen molar-refractivity contribution in [3.05, 3.63) is 29.8 Å². The molecule has 1 aliphatic rings. The maximum atomic E-state index is 12.4. The third kappa shape index (κ3) is 3.07. The molecule has 2 nitrogen and oxygen atoms in total. The van der Waals surface area contributed by atoms with Gasteiger partial charge in [-0.1, -0.05) is 19.1 Å². The Morgan fingerprint density at radius 2 is 2.12 bits per heavy atom. The molecule has 0 radical (unpaired) electrons. The Labute approximate surface area is 105 Å². The van der Waals surface area contributed by atoms with Crippen molar-refractivity contribution in [1.82, 2.24) is 4.31 Å². The van der Waals surface area contributed by atoms with Crippen LogP contribution in [0.25, 0.3) is 0 Å². The van der Waals surface area contributed by atoms with E-state index in [4.69, 9.17) is 0 Å². The number of nitrogens with zero attached hydrogens (tertiary/aromatic N) is 1. The summed E-state index contributed by atoms with van der Waals surface area (Å²) in [4.78, 5) is 12.5. The number of benzene rings is 1. The molecule has 1 aromatic rings. The lowest BCUT2D eigenvalue weighted by Crippen LogP contribution is -2.21. The van der Waals surface area contributed by atoms with Crippen LogP contribution in [-0.4, -0.2) is 22.7 Å². The zero-order valence-corrected chi connectivity index (χ0v) is 10.7. The molecule has 0 saturated carbocycles. The van der Waals surface area contributed by atoms with Gasteiger partial charge in [-0.3, -0.25) is 4.79 Å². The van der Waals surface area contributed by atoms with E-state index in [2.05, 4.69) is 11.2 Å². The molecule has 0 N–H and O–H groups in total. The highest BCUT2D eigenvalue weighted by molar-refractivity contribution is 7.97. The van der Waals surface area contributed by atoms with Gasteiger partial charge in [-0.2, -0.15) is 0 Å². The van der Waals surface area contributed by atoms with Crippen molar-refractivity contribution in [2.24, 2.45) is 0 Å². The molecule has 0 bridgehead atoms. The van der Waals surface area contributed by atoms with Gasteiger partial charge in [0.2, 0.25) is 0 Å². The predicted molar refractivity (Wildman–Crippen MR) is 67.5 cm³/mol. The number of halogens is 1. The molecule has 1 fully saturated rings. The summed E-state index contributed by atoms with van der Waals surface area (Å²) in [7, 11) is 0. The molecule has 1 aromatic carbocycles. The number of hydrogen-bond acceptors (Lipinski definition) is 3. The Balaban J connectivity index is 2.02. The molecule has 0 spiro atoms. The van der Waals surface area contributed by atoms with Gasteiger partial charge in [-0.15, -0.1) is 0 Å². The summed E-state index contributed by atoms with van der Waals surface area (Å²) in [6.45, 7) is 2.20. The van der Waals surface area contributed by atoms with E-state index in [-0.39, 0.29) is 0 Å². The smallest absolute Gasteiger partial charge is 0.149 e. The average molecular weight is 253 g/mol. The Bertz CT molecular complexity index is 393. The highest BCUT2D eigenvalue weighted by Gasteiger charge is 2.29. The van der Waals surface area contributed by atoms with E-state index < -0.39 is 6.67 Å². The first-order chi connectivity index (χ1) is 8.22. The number of ketones is 1. The van der Waals surface area contributed by atoms with Crippen LogP contribution in [0.2, 0.25) is 0 Å². The van der Waals surface area contributed by atoms with Crippen LogP contribution in [0.15, 0.2) is 29.2 Å². The number of alkyl halides is 1. The minimum absolute atomic E-state index is 0.310. The third-order valence-corrected chi connectivity index (χ3v) is 4.12. The highest BCUT2D eigenvalue weighted by atomic mass is 32.2. The van der Waals surface area contributed by atoms with E-state index in [1.165, 1.54) is 0 Å². The third-order valence-electron chi connectivity index (χ3n) is 2.97. The highest BCUT2D eigenvalue weighted by Crippen LogP contribution is 2.31. The Hall–Kier alpha value is -0.870. The lowest BCUT2D eigenvalue weighted by Gasteiger charge is -2.20.